The molecule has 0 heterocycles. The molecule has 0 aliphatic rings. The summed E-state index contributed by atoms with van der Waals surface area (Å²) in [6, 6.07) is 8.69. The molecule has 6 heteroatoms. The van der Waals surface area contributed by atoms with Crippen LogP contribution in [0.1, 0.15) is 23.2 Å². The first-order valence-corrected chi connectivity index (χ1v) is 6.29. The number of carbonyl (C=O) groups is 3. The average Bonchev–Trinajstić information content (AvgIpc) is 2.43. The molecule has 0 bridgehead atoms. The minimum Gasteiger partial charge on any atom is -0.481 e. The molecule has 1 aromatic carbocycles. The molecule has 20 heavy (non-hydrogen) atoms. The van der Waals surface area contributed by atoms with Gasteiger partial charge in [-0.05, 0) is 18.6 Å². The Hall–Kier alpha value is -2.37. The van der Waals surface area contributed by atoms with Crippen molar-refractivity contribution < 1.29 is 19.5 Å². The Labute approximate surface area is 117 Å². The summed E-state index contributed by atoms with van der Waals surface area (Å²) in [7, 11) is 1.55. The number of aliphatic carboxylic acids is 1. The average molecular weight is 278 g/mol. The molecule has 0 aliphatic carbocycles. The SMILES string of the molecule is CN(CC(=O)NCCCC(=O)O)C(=O)c1ccccc1. The number of carboxylic acid groups (broad SMARTS) is 1. The van der Waals surface area contributed by atoms with E-state index in [9.17, 15) is 14.4 Å². The highest BCUT2D eigenvalue weighted by molar-refractivity contribution is 5.96. The molecular weight excluding hydrogens is 260 g/mol. The Bertz CT molecular complexity index is 473. The molecule has 2 amide bonds. The lowest BCUT2D eigenvalue weighted by atomic mass is 10.2. The standard InChI is InChI=1S/C14H18N2O4/c1-16(14(20)11-6-3-2-4-7-11)10-12(17)15-9-5-8-13(18)19/h2-4,6-7H,5,8-10H2,1H3,(H,15,17)(H,18,19). The number of amides is 2. The van der Waals surface area contributed by atoms with Gasteiger partial charge in [-0.15, -0.1) is 0 Å². The molecule has 0 aromatic heterocycles. The van der Waals surface area contributed by atoms with Gasteiger partial charge in [-0.2, -0.15) is 0 Å². The second-order valence-corrected chi connectivity index (χ2v) is 4.37. The Morgan fingerprint density at radius 3 is 2.45 bits per heavy atom. The van der Waals surface area contributed by atoms with Crippen molar-refractivity contribution >= 4 is 17.8 Å². The van der Waals surface area contributed by atoms with Crippen LogP contribution in [0.5, 0.6) is 0 Å². The van der Waals surface area contributed by atoms with Crippen LogP contribution in [-0.4, -0.2) is 47.9 Å². The van der Waals surface area contributed by atoms with E-state index >= 15 is 0 Å². The molecule has 2 N–H and O–H groups in total. The molecule has 6 nitrogen and oxygen atoms in total. The molecule has 0 aliphatic heterocycles. The minimum atomic E-state index is -0.893. The second kappa shape index (κ2) is 7.93. The van der Waals surface area contributed by atoms with Gasteiger partial charge < -0.3 is 15.3 Å². The van der Waals surface area contributed by atoms with E-state index in [1.807, 2.05) is 6.07 Å². The fraction of sp³-hybridized carbons (Fsp3) is 0.357. The Morgan fingerprint density at radius 1 is 1.20 bits per heavy atom. The molecule has 1 rings (SSSR count). The van der Waals surface area contributed by atoms with E-state index in [1.54, 1.807) is 31.3 Å². The van der Waals surface area contributed by atoms with Crippen molar-refractivity contribution in [2.45, 2.75) is 12.8 Å². The van der Waals surface area contributed by atoms with Crippen molar-refractivity contribution in [2.75, 3.05) is 20.1 Å². The van der Waals surface area contributed by atoms with Crippen molar-refractivity contribution in [3.8, 4) is 0 Å². The predicted molar refractivity (Wildman–Crippen MR) is 73.3 cm³/mol. The lowest BCUT2D eigenvalue weighted by Gasteiger charge is -2.16. The van der Waals surface area contributed by atoms with Crippen LogP contribution >= 0.6 is 0 Å². The zero-order valence-electron chi connectivity index (χ0n) is 11.3. The normalized spacial score (nSPS) is 9.85. The van der Waals surface area contributed by atoms with Gasteiger partial charge in [0, 0.05) is 25.6 Å². The molecule has 0 saturated heterocycles. The molecule has 1 aromatic rings. The first-order chi connectivity index (χ1) is 9.50. The van der Waals surface area contributed by atoms with E-state index in [0.717, 1.165) is 0 Å². The molecule has 0 unspecified atom stereocenters. The summed E-state index contributed by atoms with van der Waals surface area (Å²) in [5, 5.41) is 11.0. The number of hydrogen-bond donors (Lipinski definition) is 2. The van der Waals surface area contributed by atoms with Gasteiger partial charge in [-0.1, -0.05) is 18.2 Å². The lowest BCUT2D eigenvalue weighted by molar-refractivity contribution is -0.137. The number of carboxylic acids is 1. The molecule has 0 fully saturated rings. The first-order valence-electron chi connectivity index (χ1n) is 6.29. The summed E-state index contributed by atoms with van der Waals surface area (Å²) in [5.74, 6) is -1.43. The first kappa shape index (κ1) is 15.7. The topological polar surface area (TPSA) is 86.7 Å². The number of nitrogens with one attached hydrogen (secondary N) is 1. The van der Waals surface area contributed by atoms with E-state index in [-0.39, 0.29) is 24.8 Å². The van der Waals surface area contributed by atoms with Crippen LogP contribution in [0.3, 0.4) is 0 Å². The molecule has 0 saturated carbocycles. The van der Waals surface area contributed by atoms with Crippen LogP contribution in [0.25, 0.3) is 0 Å². The lowest BCUT2D eigenvalue weighted by Crippen LogP contribution is -2.38. The van der Waals surface area contributed by atoms with Crippen LogP contribution in [0.2, 0.25) is 0 Å². The highest BCUT2D eigenvalue weighted by atomic mass is 16.4. The van der Waals surface area contributed by atoms with Crippen LogP contribution < -0.4 is 5.32 Å². The number of likely N-dealkylation sites (N-methyl/N-ethyl adjacent to an activating group) is 1. The molecule has 0 spiro atoms. The van der Waals surface area contributed by atoms with E-state index in [4.69, 9.17) is 5.11 Å². The third-order valence-corrected chi connectivity index (χ3v) is 2.64. The highest BCUT2D eigenvalue weighted by Gasteiger charge is 2.14. The fourth-order valence-corrected chi connectivity index (χ4v) is 1.61. The fourth-order valence-electron chi connectivity index (χ4n) is 1.61. The maximum absolute atomic E-state index is 12.0. The smallest absolute Gasteiger partial charge is 0.303 e. The summed E-state index contributed by atoms with van der Waals surface area (Å²) in [6.45, 7) is 0.235. The number of nitrogens with zero attached hydrogens (tertiary/aromatic N) is 1. The summed E-state index contributed by atoms with van der Waals surface area (Å²) in [4.78, 5) is 35.2. The van der Waals surface area contributed by atoms with Crippen LogP contribution in [0.4, 0.5) is 0 Å². The Morgan fingerprint density at radius 2 is 1.85 bits per heavy atom. The molecular formula is C14H18N2O4. The molecule has 0 radical (unpaired) electrons. The number of carbonyl (C=O) groups excluding carboxylic acids is 2. The molecule has 108 valence electrons. The highest BCUT2D eigenvalue weighted by Crippen LogP contribution is 2.02. The van der Waals surface area contributed by atoms with Gasteiger partial charge in [0.25, 0.3) is 5.91 Å². The number of benzene rings is 1. The predicted octanol–water partition coefficient (Wildman–Crippen LogP) is 0.740. The largest absolute Gasteiger partial charge is 0.481 e. The van der Waals surface area contributed by atoms with E-state index in [1.165, 1.54) is 4.90 Å². The summed E-state index contributed by atoms with van der Waals surface area (Å²) in [6.07, 6.45) is 0.385. The minimum absolute atomic E-state index is 0.0130. The Balaban J connectivity index is 2.34. The van der Waals surface area contributed by atoms with Gasteiger partial charge in [0.1, 0.15) is 0 Å². The summed E-state index contributed by atoms with van der Waals surface area (Å²) < 4.78 is 0. The van der Waals surface area contributed by atoms with Crippen molar-refractivity contribution in [1.29, 1.82) is 0 Å². The van der Waals surface area contributed by atoms with Crippen molar-refractivity contribution in [3.63, 3.8) is 0 Å². The quantitative estimate of drug-likeness (QED) is 0.720. The number of rotatable bonds is 7. The third kappa shape index (κ3) is 5.51. The maximum atomic E-state index is 12.0. The second-order valence-electron chi connectivity index (χ2n) is 4.37. The van der Waals surface area contributed by atoms with E-state index in [2.05, 4.69) is 5.32 Å². The summed E-state index contributed by atoms with van der Waals surface area (Å²) in [5.41, 5.74) is 0.522. The zero-order chi connectivity index (χ0) is 15.0. The van der Waals surface area contributed by atoms with Gasteiger partial charge in [-0.3, -0.25) is 14.4 Å². The van der Waals surface area contributed by atoms with Crippen LogP contribution in [0, 0.1) is 0 Å². The Kier molecular flexibility index (Phi) is 6.22. The van der Waals surface area contributed by atoms with Crippen LogP contribution in [0.15, 0.2) is 30.3 Å². The molecule has 0 atom stereocenters. The zero-order valence-corrected chi connectivity index (χ0v) is 11.3. The van der Waals surface area contributed by atoms with Crippen molar-refractivity contribution in [3.05, 3.63) is 35.9 Å². The van der Waals surface area contributed by atoms with Crippen molar-refractivity contribution in [1.82, 2.24) is 10.2 Å². The summed E-state index contributed by atoms with van der Waals surface area (Å²) >= 11 is 0. The van der Waals surface area contributed by atoms with Gasteiger partial charge in [-0.25, -0.2) is 0 Å². The van der Waals surface area contributed by atoms with Gasteiger partial charge in [0.15, 0.2) is 0 Å². The van der Waals surface area contributed by atoms with Crippen LogP contribution in [-0.2, 0) is 9.59 Å². The van der Waals surface area contributed by atoms with E-state index < -0.39 is 5.97 Å². The number of hydrogen-bond acceptors (Lipinski definition) is 3. The maximum Gasteiger partial charge on any atom is 0.303 e. The van der Waals surface area contributed by atoms with Gasteiger partial charge >= 0.3 is 5.97 Å². The van der Waals surface area contributed by atoms with E-state index in [0.29, 0.717) is 18.5 Å². The van der Waals surface area contributed by atoms with Gasteiger partial charge in [0.05, 0.1) is 6.54 Å². The van der Waals surface area contributed by atoms with Gasteiger partial charge in [0.2, 0.25) is 5.91 Å². The monoisotopic (exact) mass is 278 g/mol. The van der Waals surface area contributed by atoms with Crippen molar-refractivity contribution in [2.24, 2.45) is 0 Å². The third-order valence-electron chi connectivity index (χ3n) is 2.64.